The molecule has 150 valence electrons. The van der Waals surface area contributed by atoms with E-state index >= 15 is 0 Å². The molecule has 0 bridgehead atoms. The lowest BCUT2D eigenvalue weighted by molar-refractivity contribution is -0.141. The molecule has 0 saturated carbocycles. The number of esters is 1. The van der Waals surface area contributed by atoms with Gasteiger partial charge in [-0.15, -0.1) is 0 Å². The van der Waals surface area contributed by atoms with Crippen molar-refractivity contribution in [3.8, 4) is 17.2 Å². The van der Waals surface area contributed by atoms with Gasteiger partial charge in [-0.1, -0.05) is 24.3 Å². The van der Waals surface area contributed by atoms with Crippen LogP contribution in [-0.4, -0.2) is 13.1 Å². The number of nitrogens with two attached hydrogens (primary N) is 1. The van der Waals surface area contributed by atoms with Gasteiger partial charge < -0.3 is 19.9 Å². The summed E-state index contributed by atoms with van der Waals surface area (Å²) in [5, 5.41) is 0. The Bertz CT molecular complexity index is 942. The van der Waals surface area contributed by atoms with E-state index in [1.165, 1.54) is 19.2 Å². The van der Waals surface area contributed by atoms with Crippen molar-refractivity contribution in [2.24, 2.45) is 5.73 Å². The van der Waals surface area contributed by atoms with Gasteiger partial charge in [0.05, 0.1) is 13.5 Å². The Balaban J connectivity index is 1.57. The summed E-state index contributed by atoms with van der Waals surface area (Å²) in [5.41, 5.74) is 7.76. The fourth-order valence-electron chi connectivity index (χ4n) is 2.70. The number of halogens is 1. The van der Waals surface area contributed by atoms with Crippen molar-refractivity contribution in [3.05, 3.63) is 89.7 Å². The number of benzene rings is 3. The zero-order chi connectivity index (χ0) is 20.6. The summed E-state index contributed by atoms with van der Waals surface area (Å²) in [4.78, 5) is 11.3. The molecule has 0 aromatic heterocycles. The number of hydrogen-bond acceptors (Lipinski definition) is 5. The Labute approximate surface area is 168 Å². The van der Waals surface area contributed by atoms with E-state index in [1.54, 1.807) is 12.1 Å². The van der Waals surface area contributed by atoms with Gasteiger partial charge in [0.2, 0.25) is 0 Å². The van der Waals surface area contributed by atoms with Gasteiger partial charge in [-0.2, -0.15) is 0 Å². The Morgan fingerprint density at radius 1 is 0.966 bits per heavy atom. The first-order chi connectivity index (χ1) is 14.0. The molecule has 0 aliphatic rings. The Kier molecular flexibility index (Phi) is 6.81. The highest BCUT2D eigenvalue weighted by molar-refractivity contribution is 5.70. The van der Waals surface area contributed by atoms with Crippen LogP contribution in [-0.2, 0) is 16.1 Å². The summed E-state index contributed by atoms with van der Waals surface area (Å²) in [6.45, 7) is 0.355. The fourth-order valence-corrected chi connectivity index (χ4v) is 2.70. The lowest BCUT2D eigenvalue weighted by Gasteiger charge is -2.12. The van der Waals surface area contributed by atoms with Crippen LogP contribution in [0.2, 0.25) is 0 Å². The highest BCUT2D eigenvalue weighted by Crippen LogP contribution is 2.24. The molecule has 1 unspecified atom stereocenters. The lowest BCUT2D eigenvalue weighted by atomic mass is 10.0. The molecule has 6 heteroatoms. The molecule has 0 aliphatic heterocycles. The van der Waals surface area contributed by atoms with E-state index in [0.717, 1.165) is 11.1 Å². The second-order valence-electron chi connectivity index (χ2n) is 6.45. The SMILES string of the molecule is COC(=O)CC(N)c1ccc(OCc2cccc(Oc3ccc(F)cc3)c2)cc1. The maximum Gasteiger partial charge on any atom is 0.307 e. The topological polar surface area (TPSA) is 70.8 Å². The van der Waals surface area contributed by atoms with E-state index < -0.39 is 6.04 Å². The smallest absolute Gasteiger partial charge is 0.307 e. The van der Waals surface area contributed by atoms with Gasteiger partial charge in [-0.25, -0.2) is 4.39 Å². The molecular weight excluding hydrogens is 373 g/mol. The molecule has 29 heavy (non-hydrogen) atoms. The van der Waals surface area contributed by atoms with Crippen molar-refractivity contribution in [2.75, 3.05) is 7.11 Å². The van der Waals surface area contributed by atoms with Crippen LogP contribution >= 0.6 is 0 Å². The highest BCUT2D eigenvalue weighted by Gasteiger charge is 2.12. The van der Waals surface area contributed by atoms with Crippen molar-refractivity contribution >= 4 is 5.97 Å². The average Bonchev–Trinajstić information content (AvgIpc) is 2.74. The molecule has 1 atom stereocenters. The van der Waals surface area contributed by atoms with Gasteiger partial charge in [0.1, 0.15) is 29.7 Å². The molecule has 2 N–H and O–H groups in total. The van der Waals surface area contributed by atoms with Crippen LogP contribution < -0.4 is 15.2 Å². The highest BCUT2D eigenvalue weighted by atomic mass is 19.1. The molecule has 3 aromatic carbocycles. The van der Waals surface area contributed by atoms with Crippen molar-refractivity contribution in [1.82, 2.24) is 0 Å². The van der Waals surface area contributed by atoms with Crippen LogP contribution in [0.4, 0.5) is 4.39 Å². The van der Waals surface area contributed by atoms with Crippen molar-refractivity contribution in [3.63, 3.8) is 0 Å². The molecule has 0 heterocycles. The Hall–Kier alpha value is -3.38. The van der Waals surface area contributed by atoms with E-state index in [-0.39, 0.29) is 18.2 Å². The predicted molar refractivity (Wildman–Crippen MR) is 107 cm³/mol. The molecule has 0 spiro atoms. The summed E-state index contributed by atoms with van der Waals surface area (Å²) >= 11 is 0. The number of ether oxygens (including phenoxy) is 3. The van der Waals surface area contributed by atoms with Crippen LogP contribution in [0, 0.1) is 5.82 Å². The largest absolute Gasteiger partial charge is 0.489 e. The minimum Gasteiger partial charge on any atom is -0.489 e. The third-order valence-electron chi connectivity index (χ3n) is 4.28. The minimum absolute atomic E-state index is 0.123. The van der Waals surface area contributed by atoms with Crippen LogP contribution in [0.15, 0.2) is 72.8 Å². The third kappa shape index (κ3) is 6.05. The average molecular weight is 395 g/mol. The Morgan fingerprint density at radius 3 is 2.34 bits per heavy atom. The quantitative estimate of drug-likeness (QED) is 0.557. The van der Waals surface area contributed by atoms with Crippen LogP contribution in [0.25, 0.3) is 0 Å². The molecule has 5 nitrogen and oxygen atoms in total. The minimum atomic E-state index is -0.420. The third-order valence-corrected chi connectivity index (χ3v) is 4.28. The van der Waals surface area contributed by atoms with E-state index in [2.05, 4.69) is 4.74 Å². The molecule has 0 radical (unpaired) electrons. The zero-order valence-corrected chi connectivity index (χ0v) is 16.0. The first kappa shape index (κ1) is 20.4. The van der Waals surface area contributed by atoms with E-state index in [4.69, 9.17) is 15.2 Å². The summed E-state index contributed by atoms with van der Waals surface area (Å²) < 4.78 is 29.2. The van der Waals surface area contributed by atoms with E-state index in [1.807, 2.05) is 48.5 Å². The first-order valence-corrected chi connectivity index (χ1v) is 9.11. The van der Waals surface area contributed by atoms with Gasteiger partial charge >= 0.3 is 5.97 Å². The summed E-state index contributed by atoms with van der Waals surface area (Å²) in [5.74, 6) is 1.23. The lowest BCUT2D eigenvalue weighted by Crippen LogP contribution is -2.16. The first-order valence-electron chi connectivity index (χ1n) is 9.11. The van der Waals surface area contributed by atoms with Crippen molar-refractivity contribution in [1.29, 1.82) is 0 Å². The molecule has 3 rings (SSSR count). The summed E-state index contributed by atoms with van der Waals surface area (Å²) in [7, 11) is 1.34. The van der Waals surface area contributed by atoms with Gasteiger partial charge in [-0.05, 0) is 59.7 Å². The number of rotatable bonds is 8. The summed E-state index contributed by atoms with van der Waals surface area (Å²) in [6.07, 6.45) is 0.123. The molecule has 3 aromatic rings. The predicted octanol–water partition coefficient (Wildman–Crippen LogP) is 4.76. The molecule has 0 aliphatic carbocycles. The fraction of sp³-hybridized carbons (Fsp3) is 0.174. The van der Waals surface area contributed by atoms with E-state index in [0.29, 0.717) is 23.9 Å². The second kappa shape index (κ2) is 9.71. The van der Waals surface area contributed by atoms with Crippen LogP contribution in [0.5, 0.6) is 17.2 Å². The van der Waals surface area contributed by atoms with Crippen molar-refractivity contribution in [2.45, 2.75) is 19.1 Å². The molecular formula is C23H22FNO4. The number of carbonyl (C=O) groups is 1. The van der Waals surface area contributed by atoms with Gasteiger partial charge in [0, 0.05) is 6.04 Å². The Morgan fingerprint density at radius 2 is 1.66 bits per heavy atom. The molecule has 0 amide bonds. The summed E-state index contributed by atoms with van der Waals surface area (Å²) in [6, 6.07) is 20.2. The van der Waals surface area contributed by atoms with Gasteiger partial charge in [0.25, 0.3) is 0 Å². The van der Waals surface area contributed by atoms with Crippen LogP contribution in [0.3, 0.4) is 0 Å². The van der Waals surface area contributed by atoms with Gasteiger partial charge in [-0.3, -0.25) is 4.79 Å². The maximum absolute atomic E-state index is 13.0. The standard InChI is InChI=1S/C23H22FNO4/c1-27-23(26)14-22(25)17-5-9-19(10-6-17)28-15-16-3-2-4-21(13-16)29-20-11-7-18(24)8-12-20/h2-13,22H,14-15,25H2,1H3. The number of hydrogen-bond donors (Lipinski definition) is 1. The zero-order valence-electron chi connectivity index (χ0n) is 16.0. The molecule has 0 fully saturated rings. The normalized spacial score (nSPS) is 11.6. The van der Waals surface area contributed by atoms with Crippen molar-refractivity contribution < 1.29 is 23.4 Å². The van der Waals surface area contributed by atoms with E-state index in [9.17, 15) is 9.18 Å². The maximum atomic E-state index is 13.0. The second-order valence-corrected chi connectivity index (χ2v) is 6.45. The van der Waals surface area contributed by atoms with Gasteiger partial charge in [0.15, 0.2) is 0 Å². The number of methoxy groups -OCH3 is 1. The number of carbonyl (C=O) groups excluding carboxylic acids is 1. The molecule has 0 saturated heterocycles. The monoisotopic (exact) mass is 395 g/mol. The van der Waals surface area contributed by atoms with Crippen LogP contribution in [0.1, 0.15) is 23.6 Å².